The lowest BCUT2D eigenvalue weighted by Gasteiger charge is -2.05. The summed E-state index contributed by atoms with van der Waals surface area (Å²) >= 11 is 3.56. The van der Waals surface area contributed by atoms with Crippen LogP contribution in [0.4, 0.5) is 0 Å². The van der Waals surface area contributed by atoms with Crippen LogP contribution in [0.2, 0.25) is 0 Å². The number of hydrogen-bond acceptors (Lipinski definition) is 1. The third kappa shape index (κ3) is 2.29. The number of aryl methyl sites for hydroxylation is 1. The average molecular weight is 310 g/mol. The Kier molecular flexibility index (Phi) is 3.76. The molecule has 0 fully saturated rings. The van der Waals surface area contributed by atoms with E-state index >= 15 is 0 Å². The minimum Gasteiger partial charge on any atom is -0.481 e. The van der Waals surface area contributed by atoms with Crippen LogP contribution in [0.15, 0.2) is 28.9 Å². The van der Waals surface area contributed by atoms with Crippen molar-refractivity contribution < 1.29 is 9.90 Å². The van der Waals surface area contributed by atoms with Crippen molar-refractivity contribution in [1.29, 1.82) is 0 Å². The van der Waals surface area contributed by atoms with Gasteiger partial charge in [0.15, 0.2) is 0 Å². The molecule has 96 valence electrons. The van der Waals surface area contributed by atoms with Gasteiger partial charge < -0.3 is 9.67 Å². The molecule has 0 saturated carbocycles. The molecule has 18 heavy (non-hydrogen) atoms. The summed E-state index contributed by atoms with van der Waals surface area (Å²) < 4.78 is 3.18. The first-order valence-corrected chi connectivity index (χ1v) is 6.83. The number of rotatable bonds is 4. The molecule has 3 nitrogen and oxygen atoms in total. The second-order valence-corrected chi connectivity index (χ2v) is 5.37. The van der Waals surface area contributed by atoms with Crippen molar-refractivity contribution in [3.8, 4) is 0 Å². The fourth-order valence-electron chi connectivity index (χ4n) is 2.23. The predicted octanol–water partition coefficient (Wildman–Crippen LogP) is 3.69. The number of fused-ring (bicyclic) bond motifs is 1. The van der Waals surface area contributed by atoms with Crippen LogP contribution in [0, 0.1) is 5.92 Å². The van der Waals surface area contributed by atoms with Crippen LogP contribution in [0.5, 0.6) is 0 Å². The predicted molar refractivity (Wildman–Crippen MR) is 75.8 cm³/mol. The van der Waals surface area contributed by atoms with Crippen LogP contribution in [-0.4, -0.2) is 15.6 Å². The summed E-state index contributed by atoms with van der Waals surface area (Å²) in [5.41, 5.74) is 2.24. The quantitative estimate of drug-likeness (QED) is 0.936. The maximum atomic E-state index is 11.0. The van der Waals surface area contributed by atoms with Crippen molar-refractivity contribution >= 4 is 32.8 Å². The molecule has 1 N–H and O–H groups in total. The molecule has 1 unspecified atom stereocenters. The first-order valence-electron chi connectivity index (χ1n) is 6.03. The first kappa shape index (κ1) is 13.1. The summed E-state index contributed by atoms with van der Waals surface area (Å²) in [5, 5.41) is 10.2. The molecule has 0 aliphatic rings. The molecule has 0 aliphatic heterocycles. The maximum absolute atomic E-state index is 11.0. The van der Waals surface area contributed by atoms with Gasteiger partial charge in [0.2, 0.25) is 0 Å². The number of aromatic nitrogens is 1. The smallest absolute Gasteiger partial charge is 0.306 e. The Hall–Kier alpha value is -1.29. The fraction of sp³-hybridized carbons (Fsp3) is 0.357. The van der Waals surface area contributed by atoms with E-state index in [9.17, 15) is 4.79 Å². The van der Waals surface area contributed by atoms with E-state index in [-0.39, 0.29) is 5.92 Å². The summed E-state index contributed by atoms with van der Waals surface area (Å²) in [6.07, 6.45) is 2.62. The van der Waals surface area contributed by atoms with Gasteiger partial charge in [-0.2, -0.15) is 0 Å². The number of carboxylic acids is 1. The summed E-state index contributed by atoms with van der Waals surface area (Å²) in [5.74, 6) is -1.12. The van der Waals surface area contributed by atoms with Crippen molar-refractivity contribution in [1.82, 2.24) is 4.57 Å². The zero-order valence-electron chi connectivity index (χ0n) is 10.5. The van der Waals surface area contributed by atoms with Crippen LogP contribution >= 0.6 is 15.9 Å². The van der Waals surface area contributed by atoms with E-state index in [1.54, 1.807) is 6.92 Å². The Morgan fingerprint density at radius 3 is 2.83 bits per heavy atom. The Morgan fingerprint density at radius 1 is 1.50 bits per heavy atom. The van der Waals surface area contributed by atoms with E-state index in [0.717, 1.165) is 27.5 Å². The largest absolute Gasteiger partial charge is 0.481 e. The van der Waals surface area contributed by atoms with Gasteiger partial charge in [0.25, 0.3) is 0 Å². The van der Waals surface area contributed by atoms with Gasteiger partial charge in [-0.15, -0.1) is 0 Å². The SMILES string of the molecule is CCn1cc(CC(C)C(=O)O)c2c(Br)cccc21. The fourth-order valence-corrected chi connectivity index (χ4v) is 2.84. The van der Waals surface area contributed by atoms with Gasteiger partial charge in [-0.25, -0.2) is 0 Å². The molecular formula is C14H16BrNO2. The van der Waals surface area contributed by atoms with Gasteiger partial charge in [0.1, 0.15) is 0 Å². The Bertz CT molecular complexity index is 589. The van der Waals surface area contributed by atoms with Crippen LogP contribution in [0.3, 0.4) is 0 Å². The van der Waals surface area contributed by atoms with E-state index in [1.165, 1.54) is 0 Å². The van der Waals surface area contributed by atoms with Gasteiger partial charge >= 0.3 is 5.97 Å². The molecule has 0 bridgehead atoms. The number of nitrogens with zero attached hydrogens (tertiary/aromatic N) is 1. The lowest BCUT2D eigenvalue weighted by molar-refractivity contribution is -0.141. The number of carbonyl (C=O) groups is 1. The van der Waals surface area contributed by atoms with Crippen molar-refractivity contribution in [2.45, 2.75) is 26.8 Å². The Labute approximate surface area is 115 Å². The van der Waals surface area contributed by atoms with Gasteiger partial charge in [-0.05, 0) is 31.0 Å². The molecule has 0 aliphatic carbocycles. The van der Waals surface area contributed by atoms with Gasteiger partial charge in [0.05, 0.1) is 5.92 Å². The number of aliphatic carboxylic acids is 1. The topological polar surface area (TPSA) is 42.2 Å². The second kappa shape index (κ2) is 5.14. The van der Waals surface area contributed by atoms with E-state index < -0.39 is 5.97 Å². The highest BCUT2D eigenvalue weighted by Crippen LogP contribution is 2.30. The second-order valence-electron chi connectivity index (χ2n) is 4.52. The molecule has 1 aromatic heterocycles. The molecule has 4 heteroatoms. The lowest BCUT2D eigenvalue weighted by atomic mass is 10.0. The molecule has 1 aromatic carbocycles. The van der Waals surface area contributed by atoms with Crippen molar-refractivity contribution in [2.75, 3.05) is 0 Å². The molecule has 0 radical (unpaired) electrons. The van der Waals surface area contributed by atoms with Crippen LogP contribution < -0.4 is 0 Å². The van der Waals surface area contributed by atoms with Gasteiger partial charge in [0, 0.05) is 28.1 Å². The van der Waals surface area contributed by atoms with Gasteiger partial charge in [-0.3, -0.25) is 4.79 Å². The molecule has 0 spiro atoms. The van der Waals surface area contributed by atoms with Crippen molar-refractivity contribution in [3.63, 3.8) is 0 Å². The summed E-state index contributed by atoms with van der Waals surface area (Å²) in [7, 11) is 0. The van der Waals surface area contributed by atoms with Crippen molar-refractivity contribution in [2.24, 2.45) is 5.92 Å². The number of carboxylic acid groups (broad SMARTS) is 1. The lowest BCUT2D eigenvalue weighted by Crippen LogP contribution is -2.12. The van der Waals surface area contributed by atoms with Crippen LogP contribution in [0.1, 0.15) is 19.4 Å². The van der Waals surface area contributed by atoms with Gasteiger partial charge in [-0.1, -0.05) is 28.9 Å². The Morgan fingerprint density at radius 2 is 2.22 bits per heavy atom. The summed E-state index contributed by atoms with van der Waals surface area (Å²) in [6.45, 7) is 4.72. The highest BCUT2D eigenvalue weighted by Gasteiger charge is 2.17. The molecule has 0 amide bonds. The standard InChI is InChI=1S/C14H16BrNO2/c1-3-16-8-10(7-9(2)14(17)18)13-11(15)5-4-6-12(13)16/h4-6,8-9H,3,7H2,1-2H3,(H,17,18). The first-order chi connectivity index (χ1) is 8.54. The summed E-state index contributed by atoms with van der Waals surface area (Å²) in [4.78, 5) is 11.0. The highest BCUT2D eigenvalue weighted by atomic mass is 79.9. The van der Waals surface area contributed by atoms with E-state index in [1.807, 2.05) is 12.1 Å². The number of halogens is 1. The minimum atomic E-state index is -0.751. The van der Waals surface area contributed by atoms with Crippen molar-refractivity contribution in [3.05, 3.63) is 34.4 Å². The highest BCUT2D eigenvalue weighted by molar-refractivity contribution is 9.10. The third-order valence-electron chi connectivity index (χ3n) is 3.22. The third-order valence-corrected chi connectivity index (χ3v) is 3.88. The molecule has 1 heterocycles. The zero-order chi connectivity index (χ0) is 13.3. The Balaban J connectivity index is 2.53. The molecule has 2 rings (SSSR count). The summed E-state index contributed by atoms with van der Waals surface area (Å²) in [6, 6.07) is 6.07. The number of hydrogen-bond donors (Lipinski definition) is 1. The minimum absolute atomic E-state index is 0.368. The monoisotopic (exact) mass is 309 g/mol. The van der Waals surface area contributed by atoms with E-state index in [4.69, 9.17) is 5.11 Å². The van der Waals surface area contributed by atoms with Crippen LogP contribution in [-0.2, 0) is 17.8 Å². The van der Waals surface area contributed by atoms with E-state index in [0.29, 0.717) is 6.42 Å². The average Bonchev–Trinajstić information content (AvgIpc) is 2.68. The molecule has 1 atom stereocenters. The van der Waals surface area contributed by atoms with Crippen LogP contribution in [0.25, 0.3) is 10.9 Å². The number of benzene rings is 1. The molecular weight excluding hydrogens is 294 g/mol. The van der Waals surface area contributed by atoms with E-state index in [2.05, 4.69) is 39.7 Å². The maximum Gasteiger partial charge on any atom is 0.306 e. The molecule has 0 saturated heterocycles. The zero-order valence-corrected chi connectivity index (χ0v) is 12.1. The normalized spacial score (nSPS) is 12.8. The molecule has 2 aromatic rings.